The number of hydrogen-bond donors (Lipinski definition) is 1. The molecule has 0 atom stereocenters. The molecule has 1 aliphatic heterocycles. The van der Waals surface area contributed by atoms with Crippen LogP contribution in [0.3, 0.4) is 0 Å². The molecule has 2 aromatic carbocycles. The first kappa shape index (κ1) is 15.6. The van der Waals surface area contributed by atoms with Crippen molar-refractivity contribution < 1.29 is 4.79 Å². The van der Waals surface area contributed by atoms with E-state index in [1.165, 1.54) is 5.69 Å². The summed E-state index contributed by atoms with van der Waals surface area (Å²) in [5.41, 5.74) is 2.40. The van der Waals surface area contributed by atoms with Gasteiger partial charge in [-0.2, -0.15) is 0 Å². The van der Waals surface area contributed by atoms with Crippen molar-refractivity contribution in [1.82, 2.24) is 10.2 Å². The molecule has 4 heteroatoms. The summed E-state index contributed by atoms with van der Waals surface area (Å²) in [5, 5.41) is 2.99. The summed E-state index contributed by atoms with van der Waals surface area (Å²) in [6, 6.07) is 20.5. The van der Waals surface area contributed by atoms with E-state index in [2.05, 4.69) is 39.4 Å². The van der Waals surface area contributed by atoms with E-state index in [0.717, 1.165) is 31.7 Å². The smallest absolute Gasteiger partial charge is 0.234 e. The lowest BCUT2D eigenvalue weighted by molar-refractivity contribution is -0.122. The number of para-hydroxylation sites is 1. The molecular formula is C19H23N3O. The number of piperazine rings is 1. The number of hydrogen-bond acceptors (Lipinski definition) is 3. The molecule has 1 amide bonds. The van der Waals surface area contributed by atoms with Crippen LogP contribution in [0.4, 0.5) is 5.69 Å². The third-order valence-corrected chi connectivity index (χ3v) is 4.19. The molecule has 0 saturated carbocycles. The van der Waals surface area contributed by atoms with Gasteiger partial charge in [-0.05, 0) is 17.7 Å². The largest absolute Gasteiger partial charge is 0.369 e. The molecule has 1 fully saturated rings. The second-order valence-corrected chi connectivity index (χ2v) is 5.86. The van der Waals surface area contributed by atoms with Crippen molar-refractivity contribution in [2.45, 2.75) is 6.54 Å². The van der Waals surface area contributed by atoms with Gasteiger partial charge in [0.15, 0.2) is 0 Å². The summed E-state index contributed by atoms with van der Waals surface area (Å²) < 4.78 is 0. The number of nitrogens with one attached hydrogen (secondary N) is 1. The molecule has 0 aromatic heterocycles. The van der Waals surface area contributed by atoms with Gasteiger partial charge in [0, 0.05) is 38.4 Å². The van der Waals surface area contributed by atoms with Gasteiger partial charge in [0.2, 0.25) is 5.91 Å². The Balaban J connectivity index is 1.41. The van der Waals surface area contributed by atoms with Gasteiger partial charge < -0.3 is 10.2 Å². The van der Waals surface area contributed by atoms with Crippen molar-refractivity contribution in [3.8, 4) is 0 Å². The maximum Gasteiger partial charge on any atom is 0.234 e. The monoisotopic (exact) mass is 309 g/mol. The van der Waals surface area contributed by atoms with E-state index < -0.39 is 0 Å². The number of rotatable bonds is 5. The van der Waals surface area contributed by atoms with Crippen LogP contribution in [-0.4, -0.2) is 43.5 Å². The van der Waals surface area contributed by atoms with E-state index in [9.17, 15) is 4.79 Å². The van der Waals surface area contributed by atoms with Crippen molar-refractivity contribution in [3.05, 3.63) is 66.2 Å². The van der Waals surface area contributed by atoms with E-state index in [1.54, 1.807) is 0 Å². The third-order valence-electron chi connectivity index (χ3n) is 4.19. The fourth-order valence-electron chi connectivity index (χ4n) is 2.86. The first-order valence-electron chi connectivity index (χ1n) is 8.14. The molecule has 2 aromatic rings. The zero-order valence-corrected chi connectivity index (χ0v) is 13.3. The quantitative estimate of drug-likeness (QED) is 0.919. The van der Waals surface area contributed by atoms with Crippen LogP contribution in [0, 0.1) is 0 Å². The highest BCUT2D eigenvalue weighted by Gasteiger charge is 2.18. The zero-order chi connectivity index (χ0) is 15.9. The minimum Gasteiger partial charge on any atom is -0.369 e. The second-order valence-electron chi connectivity index (χ2n) is 5.86. The average Bonchev–Trinajstić information content (AvgIpc) is 2.62. The normalized spacial score (nSPS) is 15.4. The number of anilines is 1. The van der Waals surface area contributed by atoms with Gasteiger partial charge in [-0.3, -0.25) is 9.69 Å². The molecule has 0 unspecified atom stereocenters. The lowest BCUT2D eigenvalue weighted by atomic mass is 10.2. The molecule has 0 radical (unpaired) electrons. The van der Waals surface area contributed by atoms with Gasteiger partial charge in [-0.25, -0.2) is 0 Å². The Morgan fingerprint density at radius 3 is 2.13 bits per heavy atom. The van der Waals surface area contributed by atoms with Crippen molar-refractivity contribution in [3.63, 3.8) is 0 Å². The molecule has 120 valence electrons. The number of benzene rings is 2. The zero-order valence-electron chi connectivity index (χ0n) is 13.3. The van der Waals surface area contributed by atoms with E-state index in [1.807, 2.05) is 36.4 Å². The topological polar surface area (TPSA) is 35.6 Å². The Bertz CT molecular complexity index is 607. The summed E-state index contributed by atoms with van der Waals surface area (Å²) >= 11 is 0. The summed E-state index contributed by atoms with van der Waals surface area (Å²) in [7, 11) is 0. The lowest BCUT2D eigenvalue weighted by Crippen LogP contribution is -2.49. The molecule has 4 nitrogen and oxygen atoms in total. The fourth-order valence-corrected chi connectivity index (χ4v) is 2.86. The van der Waals surface area contributed by atoms with Gasteiger partial charge in [0.25, 0.3) is 0 Å². The second kappa shape index (κ2) is 7.79. The Hall–Kier alpha value is -2.33. The van der Waals surface area contributed by atoms with Crippen molar-refractivity contribution >= 4 is 11.6 Å². The van der Waals surface area contributed by atoms with Crippen molar-refractivity contribution in [1.29, 1.82) is 0 Å². The van der Waals surface area contributed by atoms with Gasteiger partial charge in [-0.1, -0.05) is 48.5 Å². The molecule has 1 saturated heterocycles. The molecular weight excluding hydrogens is 286 g/mol. The highest BCUT2D eigenvalue weighted by atomic mass is 16.2. The summed E-state index contributed by atoms with van der Waals surface area (Å²) in [6.45, 7) is 4.87. The number of nitrogens with zero attached hydrogens (tertiary/aromatic N) is 2. The van der Waals surface area contributed by atoms with Gasteiger partial charge in [0.05, 0.1) is 6.54 Å². The highest BCUT2D eigenvalue weighted by molar-refractivity contribution is 5.78. The predicted molar refractivity (Wildman–Crippen MR) is 93.4 cm³/mol. The summed E-state index contributed by atoms with van der Waals surface area (Å²) in [5.74, 6) is 0.0991. The minimum absolute atomic E-state index is 0.0991. The summed E-state index contributed by atoms with van der Waals surface area (Å²) in [6.07, 6.45) is 0. The Kier molecular flexibility index (Phi) is 5.27. The molecule has 0 aliphatic carbocycles. The van der Waals surface area contributed by atoms with Crippen molar-refractivity contribution in [2.24, 2.45) is 0 Å². The molecule has 3 rings (SSSR count). The Morgan fingerprint density at radius 2 is 1.48 bits per heavy atom. The molecule has 0 bridgehead atoms. The number of amides is 1. The first-order valence-corrected chi connectivity index (χ1v) is 8.14. The Morgan fingerprint density at radius 1 is 0.870 bits per heavy atom. The first-order chi connectivity index (χ1) is 11.3. The lowest BCUT2D eigenvalue weighted by Gasteiger charge is -2.35. The maximum absolute atomic E-state index is 12.1. The molecule has 1 heterocycles. The van der Waals surface area contributed by atoms with Crippen LogP contribution in [0.15, 0.2) is 60.7 Å². The molecule has 23 heavy (non-hydrogen) atoms. The third kappa shape index (κ3) is 4.57. The van der Waals surface area contributed by atoms with E-state index in [0.29, 0.717) is 13.1 Å². The van der Waals surface area contributed by atoms with E-state index >= 15 is 0 Å². The van der Waals surface area contributed by atoms with Crippen LogP contribution in [0.5, 0.6) is 0 Å². The molecule has 1 aliphatic rings. The van der Waals surface area contributed by atoms with Gasteiger partial charge in [-0.15, -0.1) is 0 Å². The van der Waals surface area contributed by atoms with Crippen LogP contribution < -0.4 is 10.2 Å². The summed E-state index contributed by atoms with van der Waals surface area (Å²) in [4.78, 5) is 16.7. The minimum atomic E-state index is 0.0991. The molecule has 1 N–H and O–H groups in total. The number of carbonyl (C=O) groups is 1. The standard InChI is InChI=1S/C19H23N3O/c23-19(20-15-17-7-3-1-4-8-17)16-21-11-13-22(14-12-21)18-9-5-2-6-10-18/h1-10H,11-16H2,(H,20,23). The fraction of sp³-hybridized carbons (Fsp3) is 0.316. The van der Waals surface area contributed by atoms with Gasteiger partial charge >= 0.3 is 0 Å². The van der Waals surface area contributed by atoms with E-state index in [-0.39, 0.29) is 5.91 Å². The van der Waals surface area contributed by atoms with Crippen LogP contribution >= 0.6 is 0 Å². The van der Waals surface area contributed by atoms with Gasteiger partial charge in [0.1, 0.15) is 0 Å². The Labute approximate surface area is 137 Å². The number of carbonyl (C=O) groups excluding carboxylic acids is 1. The SMILES string of the molecule is O=C(CN1CCN(c2ccccc2)CC1)NCc1ccccc1. The van der Waals surface area contributed by atoms with Crippen LogP contribution in [0.1, 0.15) is 5.56 Å². The highest BCUT2D eigenvalue weighted by Crippen LogP contribution is 2.15. The average molecular weight is 309 g/mol. The molecule has 0 spiro atoms. The van der Waals surface area contributed by atoms with Crippen LogP contribution in [0.2, 0.25) is 0 Å². The predicted octanol–water partition coefficient (Wildman–Crippen LogP) is 2.12. The van der Waals surface area contributed by atoms with Crippen LogP contribution in [-0.2, 0) is 11.3 Å². The maximum atomic E-state index is 12.1. The van der Waals surface area contributed by atoms with Crippen molar-refractivity contribution in [2.75, 3.05) is 37.6 Å². The van der Waals surface area contributed by atoms with Crippen LogP contribution in [0.25, 0.3) is 0 Å². The van der Waals surface area contributed by atoms with E-state index in [4.69, 9.17) is 0 Å².